The summed E-state index contributed by atoms with van der Waals surface area (Å²) >= 11 is 0. The van der Waals surface area contributed by atoms with Crippen molar-refractivity contribution in [1.29, 1.82) is 0 Å². The van der Waals surface area contributed by atoms with Gasteiger partial charge >= 0.3 is 0 Å². The van der Waals surface area contributed by atoms with Gasteiger partial charge in [-0.1, -0.05) is 18.2 Å². The SMILES string of the molecule is CC(=O)c1cccc(NC(=O)c2cc(Nc3c(F)cccc3F)ccn2)c1. The van der Waals surface area contributed by atoms with E-state index in [1.807, 2.05) is 0 Å². The van der Waals surface area contributed by atoms with Crippen LogP contribution in [-0.4, -0.2) is 16.7 Å². The van der Waals surface area contributed by atoms with Gasteiger partial charge in [-0.2, -0.15) is 0 Å². The van der Waals surface area contributed by atoms with Gasteiger partial charge in [-0.25, -0.2) is 8.78 Å². The van der Waals surface area contributed by atoms with Gasteiger partial charge in [0.2, 0.25) is 0 Å². The first kappa shape index (κ1) is 18.2. The molecule has 1 amide bonds. The van der Waals surface area contributed by atoms with E-state index in [2.05, 4.69) is 15.6 Å². The number of nitrogens with one attached hydrogen (secondary N) is 2. The Balaban J connectivity index is 1.80. The molecule has 1 aromatic heterocycles. The molecule has 0 fully saturated rings. The van der Waals surface area contributed by atoms with Crippen molar-refractivity contribution in [3.63, 3.8) is 0 Å². The van der Waals surface area contributed by atoms with Crippen molar-refractivity contribution in [2.45, 2.75) is 6.92 Å². The minimum Gasteiger partial charge on any atom is -0.351 e. The maximum atomic E-state index is 13.8. The number of rotatable bonds is 5. The van der Waals surface area contributed by atoms with E-state index in [4.69, 9.17) is 0 Å². The number of carbonyl (C=O) groups excluding carboxylic acids is 2. The van der Waals surface area contributed by atoms with Gasteiger partial charge in [0.25, 0.3) is 5.91 Å². The van der Waals surface area contributed by atoms with E-state index >= 15 is 0 Å². The third-order valence-electron chi connectivity index (χ3n) is 3.75. The summed E-state index contributed by atoms with van der Waals surface area (Å²) in [5.74, 6) is -2.14. The normalized spacial score (nSPS) is 10.3. The van der Waals surface area contributed by atoms with Crippen LogP contribution in [0.3, 0.4) is 0 Å². The molecule has 27 heavy (non-hydrogen) atoms. The number of halogens is 2. The quantitative estimate of drug-likeness (QED) is 0.649. The van der Waals surface area contributed by atoms with Crippen LogP contribution in [0.15, 0.2) is 60.8 Å². The number of carbonyl (C=O) groups is 2. The summed E-state index contributed by atoms with van der Waals surface area (Å²) < 4.78 is 27.5. The van der Waals surface area contributed by atoms with Crippen LogP contribution in [-0.2, 0) is 0 Å². The Morgan fingerprint density at radius 3 is 2.33 bits per heavy atom. The van der Waals surface area contributed by atoms with E-state index in [0.29, 0.717) is 16.9 Å². The fourth-order valence-electron chi connectivity index (χ4n) is 2.41. The predicted molar refractivity (Wildman–Crippen MR) is 98.3 cm³/mol. The van der Waals surface area contributed by atoms with E-state index in [0.717, 1.165) is 12.1 Å². The molecule has 0 aliphatic rings. The summed E-state index contributed by atoms with van der Waals surface area (Å²) in [6.07, 6.45) is 1.35. The number of nitrogens with zero attached hydrogens (tertiary/aromatic N) is 1. The highest BCUT2D eigenvalue weighted by atomic mass is 19.1. The summed E-state index contributed by atoms with van der Waals surface area (Å²) in [5.41, 5.74) is 0.935. The summed E-state index contributed by atoms with van der Waals surface area (Å²) in [6, 6.07) is 12.9. The molecular formula is C20H15F2N3O2. The first-order valence-electron chi connectivity index (χ1n) is 8.03. The zero-order valence-corrected chi connectivity index (χ0v) is 14.3. The number of hydrogen-bond acceptors (Lipinski definition) is 4. The van der Waals surface area contributed by atoms with E-state index in [9.17, 15) is 18.4 Å². The van der Waals surface area contributed by atoms with E-state index in [1.54, 1.807) is 24.3 Å². The van der Waals surface area contributed by atoms with Gasteiger partial charge in [0.05, 0.1) is 0 Å². The highest BCUT2D eigenvalue weighted by Gasteiger charge is 2.12. The largest absolute Gasteiger partial charge is 0.351 e. The maximum absolute atomic E-state index is 13.8. The van der Waals surface area contributed by atoms with E-state index in [1.165, 1.54) is 31.3 Å². The first-order valence-corrected chi connectivity index (χ1v) is 8.03. The monoisotopic (exact) mass is 367 g/mol. The first-order chi connectivity index (χ1) is 12.9. The molecular weight excluding hydrogens is 352 g/mol. The fraction of sp³-hybridized carbons (Fsp3) is 0.0500. The molecule has 0 aliphatic carbocycles. The fourth-order valence-corrected chi connectivity index (χ4v) is 2.41. The molecule has 0 saturated heterocycles. The standard InChI is InChI=1S/C20H15F2N3O2/c1-12(26)13-4-2-5-14(10-13)25-20(27)18-11-15(8-9-23-18)24-19-16(21)6-3-7-17(19)22/h2-11H,1H3,(H,23,24)(H,25,27). The van der Waals surface area contributed by atoms with Gasteiger partial charge < -0.3 is 10.6 Å². The molecule has 0 spiro atoms. The minimum absolute atomic E-state index is 0.0463. The van der Waals surface area contributed by atoms with Crippen molar-refractivity contribution in [2.75, 3.05) is 10.6 Å². The predicted octanol–water partition coefficient (Wildman–Crippen LogP) is 4.56. The van der Waals surface area contributed by atoms with Gasteiger partial charge in [0.15, 0.2) is 5.78 Å². The van der Waals surface area contributed by atoms with Gasteiger partial charge in [0.1, 0.15) is 23.0 Å². The van der Waals surface area contributed by atoms with Crippen LogP contribution in [0.25, 0.3) is 0 Å². The van der Waals surface area contributed by atoms with Gasteiger partial charge in [-0.15, -0.1) is 0 Å². The lowest BCUT2D eigenvalue weighted by molar-refractivity contribution is 0.100. The number of anilines is 3. The topological polar surface area (TPSA) is 71.1 Å². The van der Waals surface area contributed by atoms with Crippen molar-refractivity contribution in [1.82, 2.24) is 4.98 Å². The summed E-state index contributed by atoms with van der Waals surface area (Å²) in [4.78, 5) is 27.8. The third-order valence-corrected chi connectivity index (χ3v) is 3.75. The second kappa shape index (κ2) is 7.74. The van der Waals surface area contributed by atoms with Crippen molar-refractivity contribution >= 4 is 28.8 Å². The van der Waals surface area contributed by atoms with Crippen molar-refractivity contribution in [2.24, 2.45) is 0 Å². The molecule has 3 aromatic rings. The van der Waals surface area contributed by atoms with E-state index in [-0.39, 0.29) is 17.2 Å². The summed E-state index contributed by atoms with van der Waals surface area (Å²) in [5, 5.41) is 5.25. The van der Waals surface area contributed by atoms with Crippen LogP contribution < -0.4 is 10.6 Å². The number of amides is 1. The number of benzene rings is 2. The zero-order chi connectivity index (χ0) is 19.4. The number of pyridine rings is 1. The summed E-state index contributed by atoms with van der Waals surface area (Å²) in [7, 11) is 0. The Labute approximate surface area is 154 Å². The maximum Gasteiger partial charge on any atom is 0.274 e. The number of para-hydroxylation sites is 1. The van der Waals surface area contributed by atoms with Gasteiger partial charge in [-0.05, 0) is 43.3 Å². The number of Topliss-reactive ketones (excluding diaryl/α,β-unsaturated/α-hetero) is 1. The molecule has 1 heterocycles. The lowest BCUT2D eigenvalue weighted by Gasteiger charge is -2.10. The molecule has 7 heteroatoms. The lowest BCUT2D eigenvalue weighted by atomic mass is 10.1. The van der Waals surface area contributed by atoms with Crippen molar-refractivity contribution in [3.05, 3.63) is 83.7 Å². The molecule has 0 bridgehead atoms. The molecule has 0 aliphatic heterocycles. The Kier molecular flexibility index (Phi) is 5.21. The van der Waals surface area contributed by atoms with Gasteiger partial charge in [-0.3, -0.25) is 14.6 Å². The highest BCUT2D eigenvalue weighted by molar-refractivity contribution is 6.04. The molecule has 136 valence electrons. The van der Waals surface area contributed by atoms with Crippen LogP contribution in [0.2, 0.25) is 0 Å². The van der Waals surface area contributed by atoms with E-state index < -0.39 is 17.5 Å². The van der Waals surface area contributed by atoms with Crippen LogP contribution in [0.4, 0.5) is 25.8 Å². The van der Waals surface area contributed by atoms with Crippen LogP contribution in [0.1, 0.15) is 27.8 Å². The number of hydrogen-bond donors (Lipinski definition) is 2. The average molecular weight is 367 g/mol. The summed E-state index contributed by atoms with van der Waals surface area (Å²) in [6.45, 7) is 1.43. The van der Waals surface area contributed by atoms with Gasteiger partial charge in [0, 0.05) is 23.1 Å². The second-order valence-corrected chi connectivity index (χ2v) is 5.74. The molecule has 2 aromatic carbocycles. The Hall–Kier alpha value is -3.61. The molecule has 0 unspecified atom stereocenters. The third kappa shape index (κ3) is 4.33. The number of aromatic nitrogens is 1. The second-order valence-electron chi connectivity index (χ2n) is 5.74. The Bertz CT molecular complexity index is 1000. The van der Waals surface area contributed by atoms with Crippen molar-refractivity contribution < 1.29 is 18.4 Å². The molecule has 5 nitrogen and oxygen atoms in total. The zero-order valence-electron chi connectivity index (χ0n) is 14.3. The van der Waals surface area contributed by atoms with Crippen LogP contribution >= 0.6 is 0 Å². The highest BCUT2D eigenvalue weighted by Crippen LogP contribution is 2.23. The van der Waals surface area contributed by atoms with Crippen LogP contribution in [0.5, 0.6) is 0 Å². The smallest absolute Gasteiger partial charge is 0.274 e. The lowest BCUT2D eigenvalue weighted by Crippen LogP contribution is -2.14. The van der Waals surface area contributed by atoms with Crippen molar-refractivity contribution in [3.8, 4) is 0 Å². The Morgan fingerprint density at radius 1 is 0.926 bits per heavy atom. The number of ketones is 1. The molecule has 0 radical (unpaired) electrons. The Morgan fingerprint density at radius 2 is 1.63 bits per heavy atom. The average Bonchev–Trinajstić information content (AvgIpc) is 2.65. The molecule has 0 atom stereocenters. The van der Waals surface area contributed by atoms with Crippen LogP contribution in [0, 0.1) is 11.6 Å². The molecule has 3 rings (SSSR count). The molecule has 2 N–H and O–H groups in total. The minimum atomic E-state index is -0.751. The molecule has 0 saturated carbocycles.